The Morgan fingerprint density at radius 3 is 2.57 bits per heavy atom. The van der Waals surface area contributed by atoms with Gasteiger partial charge in [0.05, 0.1) is 6.10 Å². The SMILES string of the molecule is CCOC1CC(N(C)C(=O)c2n[nH]c(C(F)(F)F)c2C)C1. The number of aromatic nitrogens is 2. The average molecular weight is 305 g/mol. The fraction of sp³-hybridized carbons (Fsp3) is 0.692. The predicted octanol–water partition coefficient (Wildman–Crippen LogP) is 2.38. The van der Waals surface area contributed by atoms with Crippen LogP contribution < -0.4 is 0 Å². The van der Waals surface area contributed by atoms with Crippen molar-refractivity contribution >= 4 is 5.91 Å². The lowest BCUT2D eigenvalue weighted by Gasteiger charge is -2.40. The zero-order chi connectivity index (χ0) is 15.8. The molecule has 1 heterocycles. The third-order valence-electron chi connectivity index (χ3n) is 3.84. The number of nitrogens with zero attached hydrogens (tertiary/aromatic N) is 2. The van der Waals surface area contributed by atoms with Gasteiger partial charge in [0.2, 0.25) is 0 Å². The van der Waals surface area contributed by atoms with E-state index < -0.39 is 17.8 Å². The molecule has 1 amide bonds. The molecule has 5 nitrogen and oxygen atoms in total. The maximum absolute atomic E-state index is 12.7. The van der Waals surface area contributed by atoms with Gasteiger partial charge in [-0.3, -0.25) is 9.89 Å². The van der Waals surface area contributed by atoms with Crippen LogP contribution in [0.15, 0.2) is 0 Å². The largest absolute Gasteiger partial charge is 0.433 e. The van der Waals surface area contributed by atoms with Crippen molar-refractivity contribution in [2.75, 3.05) is 13.7 Å². The molecule has 1 aliphatic rings. The zero-order valence-electron chi connectivity index (χ0n) is 12.1. The van der Waals surface area contributed by atoms with Crippen LogP contribution in [0.25, 0.3) is 0 Å². The van der Waals surface area contributed by atoms with E-state index in [1.165, 1.54) is 11.8 Å². The number of hydrogen-bond donors (Lipinski definition) is 1. The first-order valence-electron chi connectivity index (χ1n) is 6.76. The van der Waals surface area contributed by atoms with Gasteiger partial charge in [-0.25, -0.2) is 0 Å². The van der Waals surface area contributed by atoms with Crippen LogP contribution in [0.4, 0.5) is 13.2 Å². The normalized spacial score (nSPS) is 22.0. The van der Waals surface area contributed by atoms with Gasteiger partial charge in [-0.15, -0.1) is 0 Å². The van der Waals surface area contributed by atoms with Gasteiger partial charge >= 0.3 is 6.18 Å². The number of carbonyl (C=O) groups excluding carboxylic acids is 1. The second-order valence-corrected chi connectivity index (χ2v) is 5.19. The molecule has 0 atom stereocenters. The van der Waals surface area contributed by atoms with Crippen molar-refractivity contribution < 1.29 is 22.7 Å². The van der Waals surface area contributed by atoms with Gasteiger partial charge in [-0.2, -0.15) is 18.3 Å². The van der Waals surface area contributed by atoms with Crippen molar-refractivity contribution in [1.29, 1.82) is 0 Å². The summed E-state index contributed by atoms with van der Waals surface area (Å²) in [6, 6.07) is -0.0144. The Hall–Kier alpha value is -1.57. The number of carbonyl (C=O) groups is 1. The van der Waals surface area contributed by atoms with Crippen LogP contribution in [0, 0.1) is 6.92 Å². The average Bonchev–Trinajstić information content (AvgIpc) is 2.73. The second-order valence-electron chi connectivity index (χ2n) is 5.19. The zero-order valence-corrected chi connectivity index (χ0v) is 12.1. The van der Waals surface area contributed by atoms with Crippen molar-refractivity contribution in [2.24, 2.45) is 0 Å². The van der Waals surface area contributed by atoms with Crippen LogP contribution in [0.5, 0.6) is 0 Å². The lowest BCUT2D eigenvalue weighted by Crippen LogP contribution is -2.49. The number of nitrogens with one attached hydrogen (secondary N) is 1. The number of amides is 1. The first-order chi connectivity index (χ1) is 9.75. The Morgan fingerprint density at radius 2 is 2.10 bits per heavy atom. The molecule has 1 aromatic heterocycles. The van der Waals surface area contributed by atoms with Gasteiger partial charge in [0.25, 0.3) is 5.91 Å². The van der Waals surface area contributed by atoms with E-state index >= 15 is 0 Å². The van der Waals surface area contributed by atoms with E-state index in [9.17, 15) is 18.0 Å². The highest BCUT2D eigenvalue weighted by molar-refractivity contribution is 5.94. The van der Waals surface area contributed by atoms with E-state index in [-0.39, 0.29) is 23.4 Å². The summed E-state index contributed by atoms with van der Waals surface area (Å²) in [4.78, 5) is 13.7. The van der Waals surface area contributed by atoms with Gasteiger partial charge in [-0.05, 0) is 26.7 Å². The van der Waals surface area contributed by atoms with E-state index in [1.54, 1.807) is 7.05 Å². The molecule has 0 aliphatic heterocycles. The van der Waals surface area contributed by atoms with E-state index in [1.807, 2.05) is 12.0 Å². The van der Waals surface area contributed by atoms with Crippen molar-refractivity contribution in [3.63, 3.8) is 0 Å². The molecular weight excluding hydrogens is 287 g/mol. The number of alkyl halides is 3. The molecule has 0 bridgehead atoms. The van der Waals surface area contributed by atoms with Crippen molar-refractivity contribution in [3.05, 3.63) is 17.0 Å². The number of halogens is 3. The third kappa shape index (κ3) is 3.04. The summed E-state index contributed by atoms with van der Waals surface area (Å²) in [7, 11) is 1.58. The fourth-order valence-electron chi connectivity index (χ4n) is 2.44. The van der Waals surface area contributed by atoms with Crippen LogP contribution >= 0.6 is 0 Å². The van der Waals surface area contributed by atoms with Crippen molar-refractivity contribution in [3.8, 4) is 0 Å². The van der Waals surface area contributed by atoms with E-state index in [0.29, 0.717) is 19.4 Å². The van der Waals surface area contributed by atoms with Crippen molar-refractivity contribution in [2.45, 2.75) is 45.0 Å². The Kier molecular flexibility index (Phi) is 4.27. The Morgan fingerprint density at radius 1 is 1.48 bits per heavy atom. The van der Waals surface area contributed by atoms with Gasteiger partial charge in [0.15, 0.2) is 5.69 Å². The lowest BCUT2D eigenvalue weighted by molar-refractivity contribution is -0.141. The highest BCUT2D eigenvalue weighted by Gasteiger charge is 2.39. The summed E-state index contributed by atoms with van der Waals surface area (Å²) < 4.78 is 43.5. The summed E-state index contributed by atoms with van der Waals surface area (Å²) in [6.45, 7) is 3.76. The summed E-state index contributed by atoms with van der Waals surface area (Å²) in [5.74, 6) is -0.501. The molecule has 0 radical (unpaired) electrons. The molecule has 0 aromatic carbocycles. The maximum atomic E-state index is 12.7. The molecule has 1 saturated carbocycles. The first-order valence-corrected chi connectivity index (χ1v) is 6.76. The number of hydrogen-bond acceptors (Lipinski definition) is 3. The van der Waals surface area contributed by atoms with Gasteiger partial charge in [0, 0.05) is 25.3 Å². The minimum Gasteiger partial charge on any atom is -0.378 e. The minimum absolute atomic E-state index is 0.0144. The number of aromatic amines is 1. The van der Waals surface area contributed by atoms with Crippen LogP contribution in [-0.2, 0) is 10.9 Å². The number of H-pyrrole nitrogens is 1. The molecular formula is C13H18F3N3O2. The molecule has 2 rings (SSSR count). The predicted molar refractivity (Wildman–Crippen MR) is 68.9 cm³/mol. The Balaban J connectivity index is 2.06. The third-order valence-corrected chi connectivity index (χ3v) is 3.84. The molecule has 1 aromatic rings. The highest BCUT2D eigenvalue weighted by atomic mass is 19.4. The molecule has 1 N–H and O–H groups in total. The quantitative estimate of drug-likeness (QED) is 0.929. The summed E-state index contributed by atoms with van der Waals surface area (Å²) in [5, 5.41) is 5.44. The van der Waals surface area contributed by atoms with Crippen LogP contribution in [0.2, 0.25) is 0 Å². The van der Waals surface area contributed by atoms with Crippen LogP contribution in [0.1, 0.15) is 41.5 Å². The summed E-state index contributed by atoms with van der Waals surface area (Å²) >= 11 is 0. The molecule has 0 spiro atoms. The summed E-state index contributed by atoms with van der Waals surface area (Å²) in [5.41, 5.74) is -1.32. The van der Waals surface area contributed by atoms with Crippen molar-refractivity contribution in [1.82, 2.24) is 15.1 Å². The van der Waals surface area contributed by atoms with Gasteiger partial charge in [-0.1, -0.05) is 0 Å². The number of rotatable bonds is 4. The maximum Gasteiger partial charge on any atom is 0.433 e. The second kappa shape index (κ2) is 5.67. The molecule has 0 saturated heterocycles. The standard InChI is InChI=1S/C13H18F3N3O2/c1-4-21-9-5-8(6-9)19(3)12(20)10-7(2)11(18-17-10)13(14,15)16/h8-9H,4-6H2,1-3H3,(H,17,18). The number of ether oxygens (including phenoxy) is 1. The van der Waals surface area contributed by atoms with E-state index in [2.05, 4.69) is 5.10 Å². The highest BCUT2D eigenvalue weighted by Crippen LogP contribution is 2.32. The van der Waals surface area contributed by atoms with Gasteiger partial charge < -0.3 is 9.64 Å². The molecule has 21 heavy (non-hydrogen) atoms. The molecule has 118 valence electrons. The molecule has 8 heteroatoms. The molecule has 1 aliphatic carbocycles. The minimum atomic E-state index is -4.54. The topological polar surface area (TPSA) is 58.2 Å². The van der Waals surface area contributed by atoms with Crippen LogP contribution in [-0.4, -0.2) is 46.8 Å². The smallest absolute Gasteiger partial charge is 0.378 e. The first kappa shape index (κ1) is 15.8. The summed E-state index contributed by atoms with van der Waals surface area (Å²) in [6.07, 6.45) is -3.01. The van der Waals surface area contributed by atoms with E-state index in [0.717, 1.165) is 0 Å². The Labute approximate surface area is 120 Å². The monoisotopic (exact) mass is 305 g/mol. The fourth-order valence-corrected chi connectivity index (χ4v) is 2.44. The molecule has 1 fully saturated rings. The van der Waals surface area contributed by atoms with Crippen LogP contribution in [0.3, 0.4) is 0 Å². The van der Waals surface area contributed by atoms with E-state index in [4.69, 9.17) is 4.74 Å². The van der Waals surface area contributed by atoms with Gasteiger partial charge in [0.1, 0.15) is 5.69 Å². The Bertz CT molecular complexity index is 521. The molecule has 0 unspecified atom stereocenters. The lowest BCUT2D eigenvalue weighted by atomic mass is 9.88.